The first-order valence-corrected chi connectivity index (χ1v) is 10.2. The minimum atomic E-state index is 0.0304. The van der Waals surface area contributed by atoms with Crippen LogP contribution in [0.2, 0.25) is 10.0 Å². The summed E-state index contributed by atoms with van der Waals surface area (Å²) in [6.07, 6.45) is 1.86. The molecule has 0 radical (unpaired) electrons. The molecule has 0 N–H and O–H groups in total. The van der Waals surface area contributed by atoms with E-state index in [0.29, 0.717) is 0 Å². The standard InChI is InChI=1S/C18H18Cl4S/c19-15-5-1-13(2-6-15)17(21)9-11-23-12-10-18(22)14-3-7-16(20)8-4-14/h1-8,17-18H,9-12H2. The Bertz CT molecular complexity index is 529. The topological polar surface area (TPSA) is 0 Å². The van der Waals surface area contributed by atoms with Crippen molar-refractivity contribution in [2.24, 2.45) is 0 Å². The van der Waals surface area contributed by atoms with Crippen LogP contribution in [-0.4, -0.2) is 11.5 Å². The summed E-state index contributed by atoms with van der Waals surface area (Å²) in [5, 5.41) is 1.54. The molecule has 0 heterocycles. The zero-order valence-electron chi connectivity index (χ0n) is 12.5. The number of rotatable bonds is 8. The Morgan fingerprint density at radius 2 is 1.00 bits per heavy atom. The van der Waals surface area contributed by atoms with Crippen LogP contribution in [0.1, 0.15) is 34.7 Å². The molecule has 0 aliphatic rings. The maximum absolute atomic E-state index is 6.42. The Kier molecular flexibility index (Phi) is 8.43. The van der Waals surface area contributed by atoms with E-state index in [4.69, 9.17) is 46.4 Å². The van der Waals surface area contributed by atoms with Gasteiger partial charge in [0.25, 0.3) is 0 Å². The molecular formula is C18H18Cl4S. The first-order chi connectivity index (χ1) is 11.1. The van der Waals surface area contributed by atoms with Gasteiger partial charge in [0, 0.05) is 10.0 Å². The number of hydrogen-bond acceptors (Lipinski definition) is 1. The molecule has 0 amide bonds. The van der Waals surface area contributed by atoms with Crippen molar-refractivity contribution < 1.29 is 0 Å². The van der Waals surface area contributed by atoms with Crippen LogP contribution in [0.5, 0.6) is 0 Å². The van der Waals surface area contributed by atoms with Crippen molar-refractivity contribution in [2.45, 2.75) is 23.6 Å². The van der Waals surface area contributed by atoms with Crippen molar-refractivity contribution in [3.63, 3.8) is 0 Å². The molecule has 124 valence electrons. The molecule has 0 bridgehead atoms. The molecule has 0 aromatic heterocycles. The number of alkyl halides is 2. The van der Waals surface area contributed by atoms with E-state index in [1.807, 2.05) is 60.3 Å². The van der Waals surface area contributed by atoms with Crippen molar-refractivity contribution in [2.75, 3.05) is 11.5 Å². The Balaban J connectivity index is 1.65. The molecule has 0 saturated carbocycles. The lowest BCUT2D eigenvalue weighted by atomic mass is 10.1. The van der Waals surface area contributed by atoms with Crippen LogP contribution >= 0.6 is 58.2 Å². The third kappa shape index (κ3) is 6.76. The van der Waals surface area contributed by atoms with Gasteiger partial charge in [0.15, 0.2) is 0 Å². The number of halogens is 4. The Morgan fingerprint density at radius 1 is 0.652 bits per heavy atom. The van der Waals surface area contributed by atoms with Crippen LogP contribution in [0, 0.1) is 0 Å². The normalized spacial score (nSPS) is 13.7. The van der Waals surface area contributed by atoms with Crippen LogP contribution < -0.4 is 0 Å². The minimum absolute atomic E-state index is 0.0304. The summed E-state index contributed by atoms with van der Waals surface area (Å²) in [6.45, 7) is 0. The average molecular weight is 408 g/mol. The molecule has 2 rings (SSSR count). The van der Waals surface area contributed by atoms with Crippen LogP contribution in [0.3, 0.4) is 0 Å². The van der Waals surface area contributed by atoms with Crippen molar-refractivity contribution >= 4 is 58.2 Å². The molecule has 0 saturated heterocycles. The zero-order valence-corrected chi connectivity index (χ0v) is 16.4. The molecule has 23 heavy (non-hydrogen) atoms. The van der Waals surface area contributed by atoms with Crippen LogP contribution in [0.15, 0.2) is 48.5 Å². The van der Waals surface area contributed by atoms with Crippen molar-refractivity contribution in [3.05, 3.63) is 69.7 Å². The predicted molar refractivity (Wildman–Crippen MR) is 107 cm³/mol. The fourth-order valence-corrected chi connectivity index (χ4v) is 4.18. The van der Waals surface area contributed by atoms with Gasteiger partial charge in [0.2, 0.25) is 0 Å². The molecule has 0 aliphatic carbocycles. The first-order valence-electron chi connectivity index (χ1n) is 7.43. The summed E-state index contributed by atoms with van der Waals surface area (Å²) >= 11 is 26.5. The molecule has 0 aliphatic heterocycles. The lowest BCUT2D eigenvalue weighted by Crippen LogP contribution is -1.96. The highest BCUT2D eigenvalue weighted by Crippen LogP contribution is 2.29. The summed E-state index contributed by atoms with van der Waals surface area (Å²) in [5.41, 5.74) is 2.24. The van der Waals surface area contributed by atoms with Crippen molar-refractivity contribution in [1.29, 1.82) is 0 Å². The molecule has 0 spiro atoms. The Hall–Kier alpha value is -0.0500. The van der Waals surface area contributed by atoms with E-state index >= 15 is 0 Å². The SMILES string of the molecule is Clc1ccc(C(Cl)CCSCCC(Cl)c2ccc(Cl)cc2)cc1. The van der Waals surface area contributed by atoms with Gasteiger partial charge in [-0.2, -0.15) is 11.8 Å². The zero-order chi connectivity index (χ0) is 16.7. The Morgan fingerprint density at radius 3 is 1.35 bits per heavy atom. The summed E-state index contributed by atoms with van der Waals surface area (Å²) < 4.78 is 0. The van der Waals surface area contributed by atoms with Gasteiger partial charge in [-0.05, 0) is 59.7 Å². The quantitative estimate of drug-likeness (QED) is 0.318. The van der Waals surface area contributed by atoms with E-state index in [9.17, 15) is 0 Å². The van der Waals surface area contributed by atoms with E-state index in [1.54, 1.807) is 0 Å². The largest absolute Gasteiger partial charge is 0.162 e. The summed E-state index contributed by atoms with van der Waals surface area (Å²) in [5.74, 6) is 2.03. The molecule has 2 atom stereocenters. The third-order valence-electron chi connectivity index (χ3n) is 3.49. The highest BCUT2D eigenvalue weighted by molar-refractivity contribution is 7.99. The fraction of sp³-hybridized carbons (Fsp3) is 0.333. The molecule has 2 aromatic carbocycles. The molecule has 0 nitrogen and oxygen atoms in total. The van der Waals surface area contributed by atoms with E-state index in [0.717, 1.165) is 45.5 Å². The smallest absolute Gasteiger partial charge is 0.0593 e. The molecule has 2 unspecified atom stereocenters. The van der Waals surface area contributed by atoms with Crippen molar-refractivity contribution in [1.82, 2.24) is 0 Å². The monoisotopic (exact) mass is 406 g/mol. The van der Waals surface area contributed by atoms with Gasteiger partial charge < -0.3 is 0 Å². The second kappa shape index (κ2) is 10.1. The van der Waals surface area contributed by atoms with E-state index < -0.39 is 0 Å². The summed E-state index contributed by atoms with van der Waals surface area (Å²) in [4.78, 5) is 0. The van der Waals surface area contributed by atoms with Gasteiger partial charge in [-0.1, -0.05) is 47.5 Å². The number of hydrogen-bond donors (Lipinski definition) is 0. The second-order valence-electron chi connectivity index (χ2n) is 5.23. The Labute approximate surface area is 162 Å². The van der Waals surface area contributed by atoms with E-state index in [2.05, 4.69) is 0 Å². The number of benzene rings is 2. The second-order valence-corrected chi connectivity index (χ2v) is 8.38. The summed E-state index contributed by atoms with van der Waals surface area (Å²) in [6, 6.07) is 15.5. The van der Waals surface area contributed by atoms with Crippen LogP contribution in [0.4, 0.5) is 0 Å². The van der Waals surface area contributed by atoms with Gasteiger partial charge in [0.05, 0.1) is 10.8 Å². The minimum Gasteiger partial charge on any atom is -0.162 e. The van der Waals surface area contributed by atoms with Crippen LogP contribution in [0.25, 0.3) is 0 Å². The van der Waals surface area contributed by atoms with E-state index in [-0.39, 0.29) is 10.8 Å². The first kappa shape index (κ1) is 19.3. The maximum atomic E-state index is 6.42. The molecule has 0 fully saturated rings. The predicted octanol–water partition coefficient (Wildman–Crippen LogP) is 7.77. The highest BCUT2D eigenvalue weighted by Gasteiger charge is 2.10. The van der Waals surface area contributed by atoms with E-state index in [1.165, 1.54) is 0 Å². The molecular weight excluding hydrogens is 390 g/mol. The van der Waals surface area contributed by atoms with Crippen LogP contribution in [-0.2, 0) is 0 Å². The van der Waals surface area contributed by atoms with Gasteiger partial charge >= 0.3 is 0 Å². The maximum Gasteiger partial charge on any atom is 0.0593 e. The van der Waals surface area contributed by atoms with Gasteiger partial charge in [-0.3, -0.25) is 0 Å². The molecule has 2 aromatic rings. The van der Waals surface area contributed by atoms with Gasteiger partial charge in [0.1, 0.15) is 0 Å². The van der Waals surface area contributed by atoms with Gasteiger partial charge in [-0.15, -0.1) is 23.2 Å². The van der Waals surface area contributed by atoms with Gasteiger partial charge in [-0.25, -0.2) is 0 Å². The fourth-order valence-electron chi connectivity index (χ4n) is 2.15. The highest BCUT2D eigenvalue weighted by atomic mass is 35.5. The molecule has 5 heteroatoms. The lowest BCUT2D eigenvalue weighted by Gasteiger charge is -2.11. The third-order valence-corrected chi connectivity index (χ3v) is 5.99. The average Bonchev–Trinajstić information content (AvgIpc) is 2.55. The summed E-state index contributed by atoms with van der Waals surface area (Å²) in [7, 11) is 0. The number of thioether (sulfide) groups is 1. The van der Waals surface area contributed by atoms with Crippen molar-refractivity contribution in [3.8, 4) is 0 Å². The lowest BCUT2D eigenvalue weighted by molar-refractivity contribution is 0.877.